The highest BCUT2D eigenvalue weighted by Gasteiger charge is 2.08. The Labute approximate surface area is 94.6 Å². The smallest absolute Gasteiger partial charge is 0.337 e. The van der Waals surface area contributed by atoms with Gasteiger partial charge in [-0.1, -0.05) is 6.92 Å². The Kier molecular flexibility index (Phi) is 4.05. The highest BCUT2D eigenvalue weighted by atomic mass is 16.5. The molecule has 1 N–H and O–H groups in total. The summed E-state index contributed by atoms with van der Waals surface area (Å²) in [6.07, 6.45) is 0.429. The van der Waals surface area contributed by atoms with Crippen LogP contribution in [0.2, 0.25) is 0 Å². The summed E-state index contributed by atoms with van der Waals surface area (Å²) in [5, 5.41) is 2.75. The number of amides is 1. The van der Waals surface area contributed by atoms with E-state index in [1.807, 2.05) is 6.92 Å². The molecule has 0 unspecified atom stereocenters. The molecule has 0 saturated heterocycles. The number of benzene rings is 1. The van der Waals surface area contributed by atoms with Crippen molar-refractivity contribution in [3.05, 3.63) is 29.3 Å². The fraction of sp³-hybridized carbons (Fsp3) is 0.333. The van der Waals surface area contributed by atoms with E-state index in [9.17, 15) is 9.59 Å². The SMILES string of the molecule is CCC(=O)Nc1ccc(C(=O)OC)cc1C. The lowest BCUT2D eigenvalue weighted by Crippen LogP contribution is -2.11. The zero-order chi connectivity index (χ0) is 12.1. The number of anilines is 1. The Morgan fingerprint density at radius 1 is 1.38 bits per heavy atom. The molecule has 0 radical (unpaired) electrons. The maximum Gasteiger partial charge on any atom is 0.337 e. The Bertz CT molecular complexity index is 413. The van der Waals surface area contributed by atoms with Gasteiger partial charge in [-0.25, -0.2) is 4.79 Å². The predicted octanol–water partition coefficient (Wildman–Crippen LogP) is 2.13. The molecule has 0 aliphatic rings. The summed E-state index contributed by atoms with van der Waals surface area (Å²) in [5.74, 6) is -0.426. The Hall–Kier alpha value is -1.84. The predicted molar refractivity (Wildman–Crippen MR) is 61.4 cm³/mol. The largest absolute Gasteiger partial charge is 0.465 e. The van der Waals surface area contributed by atoms with Gasteiger partial charge in [-0.15, -0.1) is 0 Å². The second kappa shape index (κ2) is 5.30. The summed E-state index contributed by atoms with van der Waals surface area (Å²) in [5.41, 5.74) is 2.04. The molecule has 16 heavy (non-hydrogen) atoms. The van der Waals surface area contributed by atoms with Crippen molar-refractivity contribution < 1.29 is 14.3 Å². The van der Waals surface area contributed by atoms with Gasteiger partial charge >= 0.3 is 5.97 Å². The van der Waals surface area contributed by atoms with Crippen LogP contribution in [-0.4, -0.2) is 19.0 Å². The van der Waals surface area contributed by atoms with Crippen molar-refractivity contribution in [1.29, 1.82) is 0 Å². The van der Waals surface area contributed by atoms with E-state index in [-0.39, 0.29) is 11.9 Å². The van der Waals surface area contributed by atoms with E-state index in [0.717, 1.165) is 11.3 Å². The number of hydrogen-bond acceptors (Lipinski definition) is 3. The first kappa shape index (κ1) is 12.2. The highest BCUT2D eigenvalue weighted by Crippen LogP contribution is 2.17. The average molecular weight is 221 g/mol. The number of nitrogens with one attached hydrogen (secondary N) is 1. The quantitative estimate of drug-likeness (QED) is 0.795. The number of carbonyl (C=O) groups is 2. The van der Waals surface area contributed by atoms with Gasteiger partial charge in [0.1, 0.15) is 0 Å². The molecule has 0 bridgehead atoms. The molecule has 86 valence electrons. The number of carbonyl (C=O) groups excluding carboxylic acids is 2. The lowest BCUT2D eigenvalue weighted by atomic mass is 10.1. The second-order valence-electron chi connectivity index (χ2n) is 3.42. The van der Waals surface area contributed by atoms with E-state index >= 15 is 0 Å². The van der Waals surface area contributed by atoms with Crippen molar-refractivity contribution in [1.82, 2.24) is 0 Å². The molecule has 0 atom stereocenters. The van der Waals surface area contributed by atoms with Crippen molar-refractivity contribution in [2.45, 2.75) is 20.3 Å². The van der Waals surface area contributed by atoms with E-state index in [0.29, 0.717) is 12.0 Å². The molecule has 0 saturated carbocycles. The summed E-state index contributed by atoms with van der Waals surface area (Å²) in [4.78, 5) is 22.5. The molecule has 1 rings (SSSR count). The zero-order valence-electron chi connectivity index (χ0n) is 9.66. The number of hydrogen-bond donors (Lipinski definition) is 1. The van der Waals surface area contributed by atoms with Gasteiger partial charge in [-0.05, 0) is 30.7 Å². The van der Waals surface area contributed by atoms with E-state index in [1.165, 1.54) is 7.11 Å². The molecule has 1 aromatic rings. The molecule has 0 aliphatic heterocycles. The molecule has 0 heterocycles. The van der Waals surface area contributed by atoms with Gasteiger partial charge in [0, 0.05) is 12.1 Å². The molecule has 0 aromatic heterocycles. The minimum atomic E-state index is -0.378. The van der Waals surface area contributed by atoms with Gasteiger partial charge in [0.15, 0.2) is 0 Å². The van der Waals surface area contributed by atoms with E-state index in [1.54, 1.807) is 25.1 Å². The van der Waals surface area contributed by atoms with Gasteiger partial charge in [-0.3, -0.25) is 4.79 Å². The minimum Gasteiger partial charge on any atom is -0.465 e. The van der Waals surface area contributed by atoms with Crippen LogP contribution < -0.4 is 5.32 Å². The van der Waals surface area contributed by atoms with Gasteiger partial charge < -0.3 is 10.1 Å². The number of methoxy groups -OCH3 is 1. The fourth-order valence-electron chi connectivity index (χ4n) is 1.29. The van der Waals surface area contributed by atoms with Crippen LogP contribution in [0, 0.1) is 6.92 Å². The molecule has 0 spiro atoms. The fourth-order valence-corrected chi connectivity index (χ4v) is 1.29. The van der Waals surface area contributed by atoms with Crippen molar-refractivity contribution in [2.24, 2.45) is 0 Å². The van der Waals surface area contributed by atoms with Gasteiger partial charge in [-0.2, -0.15) is 0 Å². The van der Waals surface area contributed by atoms with Gasteiger partial charge in [0.25, 0.3) is 0 Å². The summed E-state index contributed by atoms with van der Waals surface area (Å²) < 4.78 is 4.61. The third-order valence-electron chi connectivity index (χ3n) is 2.24. The molecule has 1 amide bonds. The number of ether oxygens (including phenoxy) is 1. The molecule has 4 nitrogen and oxygen atoms in total. The number of esters is 1. The van der Waals surface area contributed by atoms with Crippen molar-refractivity contribution in [3.63, 3.8) is 0 Å². The lowest BCUT2D eigenvalue weighted by molar-refractivity contribution is -0.115. The summed E-state index contributed by atoms with van der Waals surface area (Å²) in [7, 11) is 1.34. The van der Waals surface area contributed by atoms with Crippen LogP contribution in [0.4, 0.5) is 5.69 Å². The molecular formula is C12H15NO3. The number of aryl methyl sites for hydroxylation is 1. The van der Waals surface area contributed by atoms with Crippen molar-refractivity contribution in [2.75, 3.05) is 12.4 Å². The first-order chi connectivity index (χ1) is 7.58. The Balaban J connectivity index is 2.91. The molecule has 1 aromatic carbocycles. The van der Waals surface area contributed by atoms with Crippen molar-refractivity contribution in [3.8, 4) is 0 Å². The van der Waals surface area contributed by atoms with Crippen LogP contribution in [0.25, 0.3) is 0 Å². The summed E-state index contributed by atoms with van der Waals surface area (Å²) in [6, 6.07) is 5.02. The maximum atomic E-state index is 11.2. The van der Waals surface area contributed by atoms with Crippen LogP contribution >= 0.6 is 0 Å². The third-order valence-corrected chi connectivity index (χ3v) is 2.24. The second-order valence-corrected chi connectivity index (χ2v) is 3.42. The highest BCUT2D eigenvalue weighted by molar-refractivity contribution is 5.93. The van der Waals surface area contributed by atoms with Gasteiger partial charge in [0.05, 0.1) is 12.7 Å². The van der Waals surface area contributed by atoms with Crippen LogP contribution in [0.1, 0.15) is 29.3 Å². The number of rotatable bonds is 3. The van der Waals surface area contributed by atoms with E-state index < -0.39 is 0 Å². The minimum absolute atomic E-state index is 0.0473. The van der Waals surface area contributed by atoms with E-state index in [4.69, 9.17) is 0 Å². The first-order valence-corrected chi connectivity index (χ1v) is 5.07. The van der Waals surface area contributed by atoms with Crippen LogP contribution in [-0.2, 0) is 9.53 Å². The Morgan fingerprint density at radius 3 is 2.56 bits per heavy atom. The topological polar surface area (TPSA) is 55.4 Å². The molecule has 4 heteroatoms. The average Bonchev–Trinajstić information content (AvgIpc) is 2.30. The lowest BCUT2D eigenvalue weighted by Gasteiger charge is -2.08. The molecule has 0 fully saturated rings. The van der Waals surface area contributed by atoms with Crippen molar-refractivity contribution >= 4 is 17.6 Å². The monoisotopic (exact) mass is 221 g/mol. The standard InChI is InChI=1S/C12H15NO3/c1-4-11(14)13-10-6-5-9(7-8(10)2)12(15)16-3/h5-7H,4H2,1-3H3,(H,13,14). The normalized spacial score (nSPS) is 9.69. The molecule has 0 aliphatic carbocycles. The zero-order valence-corrected chi connectivity index (χ0v) is 9.66. The van der Waals surface area contributed by atoms with Crippen LogP contribution in [0.15, 0.2) is 18.2 Å². The first-order valence-electron chi connectivity index (χ1n) is 5.07. The van der Waals surface area contributed by atoms with Crippen LogP contribution in [0.3, 0.4) is 0 Å². The summed E-state index contributed by atoms with van der Waals surface area (Å²) >= 11 is 0. The van der Waals surface area contributed by atoms with Crippen LogP contribution in [0.5, 0.6) is 0 Å². The third kappa shape index (κ3) is 2.82. The molecular weight excluding hydrogens is 206 g/mol. The van der Waals surface area contributed by atoms with E-state index in [2.05, 4.69) is 10.1 Å². The summed E-state index contributed by atoms with van der Waals surface area (Å²) in [6.45, 7) is 3.62. The maximum absolute atomic E-state index is 11.2. The Morgan fingerprint density at radius 2 is 2.06 bits per heavy atom. The van der Waals surface area contributed by atoms with Gasteiger partial charge in [0.2, 0.25) is 5.91 Å².